The molecule has 0 saturated heterocycles. The lowest BCUT2D eigenvalue weighted by atomic mass is 9.93. The number of pyridine rings is 1. The third kappa shape index (κ3) is 4.14. The number of nitrogens with zero attached hydrogens (tertiary/aromatic N) is 2. The van der Waals surface area contributed by atoms with E-state index in [0.29, 0.717) is 0 Å². The van der Waals surface area contributed by atoms with Crippen LogP contribution in [0.2, 0.25) is 0 Å². The number of fused-ring (bicyclic) bond motifs is 1. The summed E-state index contributed by atoms with van der Waals surface area (Å²) in [6, 6.07) is 11.9. The highest BCUT2D eigenvalue weighted by molar-refractivity contribution is 5.86. The molecule has 0 radical (unpaired) electrons. The molecule has 4 heteroatoms. The van der Waals surface area contributed by atoms with Crippen LogP contribution in [-0.4, -0.2) is 17.1 Å². The highest BCUT2D eigenvalue weighted by Gasteiger charge is 2.18. The molecule has 3 aromatic rings. The number of H-pyrrole nitrogens is 1. The summed E-state index contributed by atoms with van der Waals surface area (Å²) in [5.74, 6) is 0.436. The molecule has 3 rings (SSSR count). The van der Waals surface area contributed by atoms with Crippen molar-refractivity contribution < 1.29 is 4.74 Å². The second-order valence-electron chi connectivity index (χ2n) is 4.50. The molecule has 2 aromatic heterocycles. The Morgan fingerprint density at radius 2 is 1.92 bits per heavy atom. The van der Waals surface area contributed by atoms with E-state index in [-0.39, 0.29) is 5.92 Å². The molecule has 0 fully saturated rings. The van der Waals surface area contributed by atoms with Crippen LogP contribution in [0, 0.1) is 11.3 Å². The van der Waals surface area contributed by atoms with E-state index in [2.05, 4.69) is 16.0 Å². The van der Waals surface area contributed by atoms with Crippen LogP contribution >= 0.6 is 0 Å². The Morgan fingerprint density at radius 3 is 2.50 bits per heavy atom. The van der Waals surface area contributed by atoms with Gasteiger partial charge in [0.2, 0.25) is 0 Å². The van der Waals surface area contributed by atoms with Crippen LogP contribution in [0.4, 0.5) is 0 Å². The molecule has 0 aliphatic rings. The van der Waals surface area contributed by atoms with Crippen molar-refractivity contribution in [3.63, 3.8) is 0 Å². The normalized spacial score (nSPS) is 10.5. The van der Waals surface area contributed by atoms with Gasteiger partial charge in [-0.05, 0) is 35.4 Å². The van der Waals surface area contributed by atoms with Crippen molar-refractivity contribution in [2.75, 3.05) is 7.11 Å². The van der Waals surface area contributed by atoms with Gasteiger partial charge in [-0.1, -0.05) is 33.8 Å². The average Bonchev–Trinajstić information content (AvgIpc) is 3.09. The second-order valence-corrected chi connectivity index (χ2v) is 4.50. The van der Waals surface area contributed by atoms with Gasteiger partial charge in [-0.25, -0.2) is 0 Å². The molecule has 0 aliphatic heterocycles. The van der Waals surface area contributed by atoms with E-state index in [1.807, 2.05) is 64.2 Å². The zero-order valence-electron chi connectivity index (χ0n) is 15.0. The molecule has 0 aliphatic carbocycles. The van der Waals surface area contributed by atoms with Gasteiger partial charge in [-0.2, -0.15) is 5.26 Å². The lowest BCUT2D eigenvalue weighted by Crippen LogP contribution is -1.97. The number of aromatic amines is 1. The minimum absolute atomic E-state index is 0.343. The summed E-state index contributed by atoms with van der Waals surface area (Å²) in [6.07, 6.45) is 5.31. The average molecular weight is 323 g/mol. The van der Waals surface area contributed by atoms with Crippen molar-refractivity contribution in [2.45, 2.75) is 33.6 Å². The maximum Gasteiger partial charge on any atom is 0.119 e. The third-order valence-electron chi connectivity index (χ3n) is 3.38. The molecule has 2 heterocycles. The highest BCUT2D eigenvalue weighted by atomic mass is 16.5. The number of hydrogen-bond donors (Lipinski definition) is 1. The molecule has 0 saturated carbocycles. The number of aromatic nitrogens is 2. The first-order valence-electron chi connectivity index (χ1n) is 8.28. The fourth-order valence-corrected chi connectivity index (χ4v) is 2.36. The number of nitrogens with one attached hydrogen (secondary N) is 1. The van der Waals surface area contributed by atoms with Gasteiger partial charge >= 0.3 is 0 Å². The summed E-state index contributed by atoms with van der Waals surface area (Å²) < 4.78 is 5.26. The number of nitriles is 1. The predicted octanol–water partition coefficient (Wildman–Crippen LogP) is 5.28. The van der Waals surface area contributed by atoms with Crippen molar-refractivity contribution >= 4 is 10.9 Å². The highest BCUT2D eigenvalue weighted by Crippen LogP contribution is 2.32. The molecule has 0 bridgehead atoms. The van der Waals surface area contributed by atoms with Crippen LogP contribution in [-0.2, 0) is 0 Å². The van der Waals surface area contributed by atoms with Gasteiger partial charge in [-0.15, -0.1) is 0 Å². The molecule has 0 spiro atoms. The van der Waals surface area contributed by atoms with Crippen molar-refractivity contribution in [3.05, 3.63) is 60.0 Å². The Morgan fingerprint density at radius 1 is 1.17 bits per heavy atom. The number of ether oxygens (including phenoxy) is 1. The summed E-state index contributed by atoms with van der Waals surface area (Å²) in [5.41, 5.74) is 2.82. The third-order valence-corrected chi connectivity index (χ3v) is 3.38. The van der Waals surface area contributed by atoms with E-state index in [9.17, 15) is 5.26 Å². The predicted molar refractivity (Wildman–Crippen MR) is 99.2 cm³/mol. The number of benzene rings is 1. The first-order valence-corrected chi connectivity index (χ1v) is 8.28. The zero-order chi connectivity index (χ0) is 17.9. The first kappa shape index (κ1) is 19.2. The molecular formula is C20H25N3O. The van der Waals surface area contributed by atoms with Gasteiger partial charge in [0.05, 0.1) is 19.1 Å². The molecule has 4 nitrogen and oxygen atoms in total. The van der Waals surface area contributed by atoms with Crippen molar-refractivity contribution in [1.82, 2.24) is 9.97 Å². The lowest BCUT2D eigenvalue weighted by Gasteiger charge is -2.08. The van der Waals surface area contributed by atoms with E-state index in [0.717, 1.165) is 27.8 Å². The van der Waals surface area contributed by atoms with Crippen LogP contribution < -0.4 is 4.74 Å². The molecule has 1 aromatic carbocycles. The van der Waals surface area contributed by atoms with E-state index >= 15 is 0 Å². The van der Waals surface area contributed by atoms with Crippen molar-refractivity contribution in [3.8, 4) is 11.8 Å². The van der Waals surface area contributed by atoms with E-state index < -0.39 is 0 Å². The Balaban J connectivity index is 0.000000671. The van der Waals surface area contributed by atoms with E-state index in [1.165, 1.54) is 0 Å². The van der Waals surface area contributed by atoms with Gasteiger partial charge in [0.15, 0.2) is 0 Å². The standard InChI is InChI=1S/C16H13N3O.2C2H6/c1-20-12-4-5-16-13(7-12)15(10-19-16)14(8-17)11-3-2-6-18-9-11;2*1-2/h2-7,9-10,14,19H,1H3;2*1-2H3. The minimum atomic E-state index is -0.343. The monoisotopic (exact) mass is 323 g/mol. The van der Waals surface area contributed by atoms with Crippen LogP contribution in [0.3, 0.4) is 0 Å². The lowest BCUT2D eigenvalue weighted by molar-refractivity contribution is 0.415. The first-order chi connectivity index (χ1) is 11.8. The summed E-state index contributed by atoms with van der Waals surface area (Å²) in [4.78, 5) is 7.29. The molecule has 1 N–H and O–H groups in total. The molecule has 0 amide bonds. The second kappa shape index (κ2) is 10.1. The largest absolute Gasteiger partial charge is 0.497 e. The fourth-order valence-electron chi connectivity index (χ4n) is 2.36. The number of rotatable bonds is 3. The van der Waals surface area contributed by atoms with Crippen molar-refractivity contribution in [2.24, 2.45) is 0 Å². The Bertz CT molecular complexity index is 772. The zero-order valence-corrected chi connectivity index (χ0v) is 15.0. The van der Waals surface area contributed by atoms with Crippen LogP contribution in [0.15, 0.2) is 48.9 Å². The molecule has 1 atom stereocenters. The van der Waals surface area contributed by atoms with E-state index in [1.54, 1.807) is 19.5 Å². The van der Waals surface area contributed by atoms with Gasteiger partial charge in [0, 0.05) is 29.5 Å². The summed E-state index contributed by atoms with van der Waals surface area (Å²) in [5, 5.41) is 10.5. The molecule has 1 unspecified atom stereocenters. The topological polar surface area (TPSA) is 61.7 Å². The van der Waals surface area contributed by atoms with Crippen molar-refractivity contribution in [1.29, 1.82) is 5.26 Å². The van der Waals surface area contributed by atoms with Crippen LogP contribution in [0.1, 0.15) is 44.7 Å². The maximum absolute atomic E-state index is 9.51. The Labute approximate surface area is 144 Å². The smallest absolute Gasteiger partial charge is 0.119 e. The minimum Gasteiger partial charge on any atom is -0.497 e. The Kier molecular flexibility index (Phi) is 8.07. The van der Waals surface area contributed by atoms with Gasteiger partial charge < -0.3 is 9.72 Å². The van der Waals surface area contributed by atoms with Crippen LogP contribution in [0.5, 0.6) is 5.75 Å². The van der Waals surface area contributed by atoms with Gasteiger partial charge in [0.25, 0.3) is 0 Å². The van der Waals surface area contributed by atoms with Gasteiger partial charge in [-0.3, -0.25) is 4.98 Å². The fraction of sp³-hybridized carbons (Fsp3) is 0.300. The SMILES string of the molecule is CC.CC.COc1ccc2[nH]cc(C(C#N)c3cccnc3)c2c1. The maximum atomic E-state index is 9.51. The van der Waals surface area contributed by atoms with Gasteiger partial charge in [0.1, 0.15) is 5.75 Å². The molecule has 126 valence electrons. The summed E-state index contributed by atoms with van der Waals surface area (Å²) >= 11 is 0. The van der Waals surface area contributed by atoms with Crippen LogP contribution in [0.25, 0.3) is 10.9 Å². The molecule has 24 heavy (non-hydrogen) atoms. The summed E-state index contributed by atoms with van der Waals surface area (Å²) in [6.45, 7) is 8.00. The Hall–Kier alpha value is -2.80. The quantitative estimate of drug-likeness (QED) is 0.713. The molecular weight excluding hydrogens is 298 g/mol. The summed E-state index contributed by atoms with van der Waals surface area (Å²) in [7, 11) is 1.64. The van der Waals surface area contributed by atoms with E-state index in [4.69, 9.17) is 4.74 Å². The number of methoxy groups -OCH3 is 1. The number of hydrogen-bond acceptors (Lipinski definition) is 3.